The van der Waals surface area contributed by atoms with Gasteiger partial charge in [0.05, 0.1) is 10.2 Å². The van der Waals surface area contributed by atoms with Gasteiger partial charge in [0.15, 0.2) is 12.0 Å². The Morgan fingerprint density at radius 1 is 1.58 bits per heavy atom. The number of hydrogen-bond donors (Lipinski definition) is 2. The standard InChI is InChI=1S/C8H8BrNO2/c9-5-2-1-3-6-8(5)12-4-7(11)10-6/h1-3,7,10-11H,4H2. The number of aliphatic hydroxyl groups is 1. The van der Waals surface area contributed by atoms with Gasteiger partial charge < -0.3 is 15.2 Å². The van der Waals surface area contributed by atoms with Crippen LogP contribution in [-0.4, -0.2) is 17.9 Å². The molecule has 12 heavy (non-hydrogen) atoms. The van der Waals surface area contributed by atoms with Crippen LogP contribution in [0.4, 0.5) is 5.69 Å². The van der Waals surface area contributed by atoms with Gasteiger partial charge in [0.2, 0.25) is 0 Å². The molecule has 0 spiro atoms. The fourth-order valence-electron chi connectivity index (χ4n) is 1.15. The predicted octanol–water partition coefficient (Wildman–Crippen LogP) is 1.57. The second-order valence-corrected chi connectivity index (χ2v) is 3.44. The predicted molar refractivity (Wildman–Crippen MR) is 49.3 cm³/mol. The number of hydrogen-bond acceptors (Lipinski definition) is 3. The molecule has 1 aliphatic rings. The lowest BCUT2D eigenvalue weighted by atomic mass is 10.2. The van der Waals surface area contributed by atoms with Crippen molar-refractivity contribution in [2.75, 3.05) is 11.9 Å². The summed E-state index contributed by atoms with van der Waals surface area (Å²) in [5.41, 5.74) is 0.822. The first-order valence-electron chi connectivity index (χ1n) is 3.63. The van der Waals surface area contributed by atoms with Crippen LogP contribution in [-0.2, 0) is 0 Å². The molecule has 1 aliphatic heterocycles. The van der Waals surface area contributed by atoms with Crippen molar-refractivity contribution >= 4 is 21.6 Å². The molecule has 1 atom stereocenters. The van der Waals surface area contributed by atoms with Crippen molar-refractivity contribution in [3.63, 3.8) is 0 Å². The Morgan fingerprint density at radius 3 is 3.25 bits per heavy atom. The van der Waals surface area contributed by atoms with Crippen LogP contribution in [0.3, 0.4) is 0 Å². The van der Waals surface area contributed by atoms with Crippen molar-refractivity contribution in [2.45, 2.75) is 6.23 Å². The molecule has 2 N–H and O–H groups in total. The van der Waals surface area contributed by atoms with E-state index in [4.69, 9.17) is 4.74 Å². The fourth-order valence-corrected chi connectivity index (χ4v) is 1.63. The summed E-state index contributed by atoms with van der Waals surface area (Å²) >= 11 is 3.36. The number of rotatable bonds is 0. The molecule has 0 aromatic heterocycles. The van der Waals surface area contributed by atoms with E-state index >= 15 is 0 Å². The van der Waals surface area contributed by atoms with Gasteiger partial charge in [-0.2, -0.15) is 0 Å². The molecule has 0 aliphatic carbocycles. The van der Waals surface area contributed by atoms with E-state index in [1.807, 2.05) is 18.2 Å². The van der Waals surface area contributed by atoms with Gasteiger partial charge in [-0.05, 0) is 28.1 Å². The molecule has 0 amide bonds. The summed E-state index contributed by atoms with van der Waals surface area (Å²) in [5, 5.41) is 12.1. The zero-order valence-corrected chi connectivity index (χ0v) is 7.84. The molecule has 0 bridgehead atoms. The summed E-state index contributed by atoms with van der Waals surface area (Å²) < 4.78 is 6.21. The van der Waals surface area contributed by atoms with E-state index in [9.17, 15) is 5.11 Å². The number of ether oxygens (including phenoxy) is 1. The van der Waals surface area contributed by atoms with E-state index in [0.29, 0.717) is 0 Å². The van der Waals surface area contributed by atoms with E-state index in [0.717, 1.165) is 15.9 Å². The van der Waals surface area contributed by atoms with E-state index < -0.39 is 6.23 Å². The van der Waals surface area contributed by atoms with Crippen molar-refractivity contribution < 1.29 is 9.84 Å². The molecule has 2 rings (SSSR count). The molecule has 0 radical (unpaired) electrons. The lowest BCUT2D eigenvalue weighted by molar-refractivity contribution is 0.119. The first kappa shape index (κ1) is 7.89. The first-order chi connectivity index (χ1) is 5.77. The number of nitrogens with one attached hydrogen (secondary N) is 1. The second kappa shape index (κ2) is 2.95. The zero-order chi connectivity index (χ0) is 8.55. The molecule has 0 saturated carbocycles. The summed E-state index contributed by atoms with van der Waals surface area (Å²) in [4.78, 5) is 0. The quantitative estimate of drug-likeness (QED) is 0.710. The molecule has 1 heterocycles. The maximum atomic E-state index is 9.20. The van der Waals surface area contributed by atoms with Crippen molar-refractivity contribution in [2.24, 2.45) is 0 Å². The topological polar surface area (TPSA) is 41.5 Å². The maximum absolute atomic E-state index is 9.20. The Kier molecular flexibility index (Phi) is 1.94. The minimum absolute atomic E-state index is 0.287. The average Bonchev–Trinajstić information content (AvgIpc) is 2.04. The van der Waals surface area contributed by atoms with Gasteiger partial charge in [0.1, 0.15) is 6.61 Å². The van der Waals surface area contributed by atoms with Gasteiger partial charge in [-0.3, -0.25) is 0 Å². The molecule has 1 aromatic carbocycles. The maximum Gasteiger partial charge on any atom is 0.159 e. The molecule has 3 nitrogen and oxygen atoms in total. The molecule has 64 valence electrons. The van der Waals surface area contributed by atoms with Gasteiger partial charge >= 0.3 is 0 Å². The van der Waals surface area contributed by atoms with Crippen LogP contribution in [0.2, 0.25) is 0 Å². The summed E-state index contributed by atoms with van der Waals surface area (Å²) in [7, 11) is 0. The highest BCUT2D eigenvalue weighted by molar-refractivity contribution is 9.10. The molecular weight excluding hydrogens is 222 g/mol. The minimum Gasteiger partial charge on any atom is -0.486 e. The van der Waals surface area contributed by atoms with E-state index in [1.165, 1.54) is 0 Å². The van der Waals surface area contributed by atoms with Crippen LogP contribution >= 0.6 is 15.9 Å². The second-order valence-electron chi connectivity index (χ2n) is 2.59. The van der Waals surface area contributed by atoms with Gasteiger partial charge in [0, 0.05) is 0 Å². The highest BCUT2D eigenvalue weighted by atomic mass is 79.9. The number of benzene rings is 1. The third-order valence-electron chi connectivity index (χ3n) is 1.67. The monoisotopic (exact) mass is 229 g/mol. The number of halogens is 1. The van der Waals surface area contributed by atoms with Crippen LogP contribution in [0.25, 0.3) is 0 Å². The van der Waals surface area contributed by atoms with Crippen LogP contribution in [0.1, 0.15) is 0 Å². The third-order valence-corrected chi connectivity index (χ3v) is 2.30. The van der Waals surface area contributed by atoms with Crippen molar-refractivity contribution in [3.8, 4) is 5.75 Å². The van der Waals surface area contributed by atoms with Crippen LogP contribution in [0.5, 0.6) is 5.75 Å². The summed E-state index contributed by atoms with van der Waals surface area (Å²) in [6, 6.07) is 5.65. The van der Waals surface area contributed by atoms with Crippen LogP contribution < -0.4 is 10.1 Å². The normalized spacial score (nSPS) is 20.7. The smallest absolute Gasteiger partial charge is 0.159 e. The number of anilines is 1. The fraction of sp³-hybridized carbons (Fsp3) is 0.250. The molecular formula is C8H8BrNO2. The molecule has 0 saturated heterocycles. The lowest BCUT2D eigenvalue weighted by Crippen LogP contribution is -2.30. The highest BCUT2D eigenvalue weighted by Gasteiger charge is 2.17. The Balaban J connectivity index is 2.42. The Hall–Kier alpha value is -0.740. The zero-order valence-electron chi connectivity index (χ0n) is 6.25. The summed E-state index contributed by atoms with van der Waals surface area (Å²) in [5.74, 6) is 0.766. The van der Waals surface area contributed by atoms with Crippen molar-refractivity contribution in [1.82, 2.24) is 0 Å². The lowest BCUT2D eigenvalue weighted by Gasteiger charge is -2.24. The summed E-state index contributed by atoms with van der Waals surface area (Å²) in [6.45, 7) is 0.287. The molecule has 0 fully saturated rings. The van der Waals surface area contributed by atoms with Gasteiger partial charge in [0.25, 0.3) is 0 Å². The largest absolute Gasteiger partial charge is 0.486 e. The SMILES string of the molecule is OC1COc2c(Br)cccc2N1. The number of fused-ring (bicyclic) bond motifs is 1. The van der Waals surface area contributed by atoms with Crippen molar-refractivity contribution in [3.05, 3.63) is 22.7 Å². The molecule has 1 aromatic rings. The Morgan fingerprint density at radius 2 is 2.42 bits per heavy atom. The number of para-hydroxylation sites is 1. The highest BCUT2D eigenvalue weighted by Crippen LogP contribution is 2.35. The minimum atomic E-state index is -0.605. The summed E-state index contributed by atoms with van der Waals surface area (Å²) in [6.07, 6.45) is -0.605. The Labute approximate surface area is 78.5 Å². The van der Waals surface area contributed by atoms with E-state index in [2.05, 4.69) is 21.2 Å². The Bertz CT molecular complexity index is 303. The van der Waals surface area contributed by atoms with E-state index in [1.54, 1.807) is 0 Å². The molecule has 4 heteroatoms. The van der Waals surface area contributed by atoms with Crippen LogP contribution in [0, 0.1) is 0 Å². The van der Waals surface area contributed by atoms with Gasteiger partial charge in [-0.1, -0.05) is 6.07 Å². The number of aliphatic hydroxyl groups excluding tert-OH is 1. The van der Waals surface area contributed by atoms with Gasteiger partial charge in [-0.15, -0.1) is 0 Å². The molecule has 1 unspecified atom stereocenters. The average molecular weight is 230 g/mol. The van der Waals surface area contributed by atoms with Gasteiger partial charge in [-0.25, -0.2) is 0 Å². The van der Waals surface area contributed by atoms with Crippen molar-refractivity contribution in [1.29, 1.82) is 0 Å². The third kappa shape index (κ3) is 1.28. The first-order valence-corrected chi connectivity index (χ1v) is 4.42. The van der Waals surface area contributed by atoms with Crippen LogP contribution in [0.15, 0.2) is 22.7 Å². The van der Waals surface area contributed by atoms with E-state index in [-0.39, 0.29) is 6.61 Å².